The Balaban J connectivity index is 1.68. The van der Waals surface area contributed by atoms with Gasteiger partial charge in [0.25, 0.3) is 0 Å². The number of carbonyl (C=O) groups is 2. The van der Waals surface area contributed by atoms with Crippen LogP contribution in [0.4, 0.5) is 0 Å². The Bertz CT molecular complexity index is 601. The Morgan fingerprint density at radius 1 is 1.22 bits per heavy atom. The average molecular weight is 312 g/mol. The highest BCUT2D eigenvalue weighted by molar-refractivity contribution is 5.99. The number of ketones is 2. The largest absolute Gasteiger partial charge is 0.299 e. The van der Waals surface area contributed by atoms with Gasteiger partial charge < -0.3 is 0 Å². The molecule has 3 saturated carbocycles. The Morgan fingerprint density at radius 2 is 2.00 bits per heavy atom. The Labute approximate surface area is 139 Å². The standard InChI is InChI=1S/C21H28O2/c1-4-13-11-17-14-9-10-21(3)18(7-8-19(21)22)15(14)5-6-16(17)20(23)12(13)2/h5-6,13-18H,2,4,7-11H2,1,3H3/t13?,14-,15+,16?,17+,18-,21-/m0/s1. The summed E-state index contributed by atoms with van der Waals surface area (Å²) in [6, 6.07) is 0. The zero-order chi connectivity index (χ0) is 16.4. The number of allylic oxidation sites excluding steroid dienone is 3. The summed E-state index contributed by atoms with van der Waals surface area (Å²) >= 11 is 0. The quantitative estimate of drug-likeness (QED) is 0.532. The summed E-state index contributed by atoms with van der Waals surface area (Å²) in [6.45, 7) is 8.46. The summed E-state index contributed by atoms with van der Waals surface area (Å²) in [6.07, 6.45) is 10.6. The van der Waals surface area contributed by atoms with Gasteiger partial charge in [0, 0.05) is 17.8 Å². The average Bonchev–Trinajstić information content (AvgIpc) is 2.86. The molecular weight excluding hydrogens is 284 g/mol. The molecule has 2 unspecified atom stereocenters. The predicted molar refractivity (Wildman–Crippen MR) is 90.7 cm³/mol. The van der Waals surface area contributed by atoms with Crippen LogP contribution in [0.25, 0.3) is 0 Å². The van der Waals surface area contributed by atoms with Crippen molar-refractivity contribution in [1.82, 2.24) is 0 Å². The molecule has 0 aromatic heterocycles. The van der Waals surface area contributed by atoms with Gasteiger partial charge in [-0.05, 0) is 67.3 Å². The maximum atomic E-state index is 12.7. The lowest BCUT2D eigenvalue weighted by Crippen LogP contribution is -2.49. The van der Waals surface area contributed by atoms with Crippen LogP contribution in [0.2, 0.25) is 0 Å². The first-order valence-corrected chi connectivity index (χ1v) is 9.42. The molecule has 2 nitrogen and oxygen atoms in total. The third kappa shape index (κ3) is 1.99. The van der Waals surface area contributed by atoms with Crippen molar-refractivity contribution < 1.29 is 9.59 Å². The fourth-order valence-corrected chi connectivity index (χ4v) is 6.33. The smallest absolute Gasteiger partial charge is 0.165 e. The molecular formula is C21H28O2. The molecule has 4 rings (SSSR count). The van der Waals surface area contributed by atoms with Gasteiger partial charge in [-0.1, -0.05) is 32.6 Å². The van der Waals surface area contributed by atoms with E-state index in [4.69, 9.17) is 0 Å². The van der Waals surface area contributed by atoms with Gasteiger partial charge in [-0.2, -0.15) is 0 Å². The van der Waals surface area contributed by atoms with Gasteiger partial charge in [0.1, 0.15) is 5.78 Å². The minimum Gasteiger partial charge on any atom is -0.299 e. The molecule has 3 fully saturated rings. The van der Waals surface area contributed by atoms with Gasteiger partial charge in [0.05, 0.1) is 0 Å². The molecule has 0 saturated heterocycles. The summed E-state index contributed by atoms with van der Waals surface area (Å²) in [5.74, 6) is 3.30. The van der Waals surface area contributed by atoms with Gasteiger partial charge in [0.2, 0.25) is 0 Å². The lowest BCUT2D eigenvalue weighted by atomic mass is 9.51. The first-order chi connectivity index (χ1) is 11.0. The number of hydrogen-bond donors (Lipinski definition) is 0. The summed E-state index contributed by atoms with van der Waals surface area (Å²) in [4.78, 5) is 25.1. The van der Waals surface area contributed by atoms with Crippen LogP contribution < -0.4 is 0 Å². The molecule has 23 heavy (non-hydrogen) atoms. The molecule has 2 heteroatoms. The highest BCUT2D eigenvalue weighted by Crippen LogP contribution is 2.59. The number of rotatable bonds is 1. The molecule has 0 bridgehead atoms. The van der Waals surface area contributed by atoms with Gasteiger partial charge in [-0.3, -0.25) is 9.59 Å². The first-order valence-electron chi connectivity index (χ1n) is 9.42. The van der Waals surface area contributed by atoms with Crippen LogP contribution in [0, 0.1) is 40.9 Å². The van der Waals surface area contributed by atoms with Crippen molar-refractivity contribution in [1.29, 1.82) is 0 Å². The molecule has 0 heterocycles. The molecule has 0 aliphatic heterocycles. The molecule has 4 aliphatic rings. The van der Waals surface area contributed by atoms with Crippen molar-refractivity contribution in [3.05, 3.63) is 24.3 Å². The summed E-state index contributed by atoms with van der Waals surface area (Å²) < 4.78 is 0. The predicted octanol–water partition coefficient (Wildman–Crippen LogP) is 4.36. The van der Waals surface area contributed by atoms with E-state index in [-0.39, 0.29) is 11.3 Å². The maximum absolute atomic E-state index is 12.7. The van der Waals surface area contributed by atoms with E-state index >= 15 is 0 Å². The molecule has 0 aromatic carbocycles. The maximum Gasteiger partial charge on any atom is 0.165 e. The molecule has 0 aromatic rings. The van der Waals surface area contributed by atoms with Crippen LogP contribution in [0.5, 0.6) is 0 Å². The van der Waals surface area contributed by atoms with E-state index < -0.39 is 0 Å². The normalized spacial score (nSPS) is 48.9. The topological polar surface area (TPSA) is 34.1 Å². The van der Waals surface area contributed by atoms with E-state index in [0.717, 1.165) is 44.1 Å². The number of fused-ring (bicyclic) bond motifs is 5. The first kappa shape index (κ1) is 15.4. The lowest BCUT2D eigenvalue weighted by molar-refractivity contribution is -0.132. The zero-order valence-electron chi connectivity index (χ0n) is 14.4. The van der Waals surface area contributed by atoms with Crippen molar-refractivity contribution in [2.24, 2.45) is 40.9 Å². The van der Waals surface area contributed by atoms with E-state index in [2.05, 4.69) is 32.6 Å². The molecule has 124 valence electrons. The lowest BCUT2D eigenvalue weighted by Gasteiger charge is -2.52. The van der Waals surface area contributed by atoms with Gasteiger partial charge in [0.15, 0.2) is 5.78 Å². The van der Waals surface area contributed by atoms with E-state index in [0.29, 0.717) is 41.2 Å². The second-order valence-corrected chi connectivity index (χ2v) is 8.57. The van der Waals surface area contributed by atoms with E-state index in [1.165, 1.54) is 0 Å². The molecule has 0 radical (unpaired) electrons. The molecule has 0 amide bonds. The number of Topliss-reactive ketones (excluding diaryl/α,β-unsaturated/α-hetero) is 2. The SMILES string of the molecule is C=C1C(=O)C2C=C[C@@H]3[C@H](CC[C@]4(C)C(=O)CC[C@@H]34)[C@H]2CC1CC. The van der Waals surface area contributed by atoms with Crippen LogP contribution >= 0.6 is 0 Å². The monoisotopic (exact) mass is 312 g/mol. The Kier molecular flexibility index (Phi) is 3.44. The third-order valence-corrected chi connectivity index (χ3v) is 7.81. The van der Waals surface area contributed by atoms with Crippen molar-refractivity contribution in [2.45, 2.75) is 52.4 Å². The Hall–Kier alpha value is -1.18. The second-order valence-electron chi connectivity index (χ2n) is 8.57. The molecule has 0 N–H and O–H groups in total. The number of hydrogen-bond acceptors (Lipinski definition) is 2. The van der Waals surface area contributed by atoms with Crippen molar-refractivity contribution in [3.8, 4) is 0 Å². The fraction of sp³-hybridized carbons (Fsp3) is 0.714. The minimum absolute atomic E-state index is 0.0630. The summed E-state index contributed by atoms with van der Waals surface area (Å²) in [7, 11) is 0. The van der Waals surface area contributed by atoms with Crippen LogP contribution in [0.1, 0.15) is 52.4 Å². The van der Waals surface area contributed by atoms with Crippen LogP contribution in [-0.4, -0.2) is 11.6 Å². The van der Waals surface area contributed by atoms with Crippen molar-refractivity contribution >= 4 is 11.6 Å². The van der Waals surface area contributed by atoms with Crippen LogP contribution in [0.15, 0.2) is 24.3 Å². The minimum atomic E-state index is -0.0925. The van der Waals surface area contributed by atoms with Gasteiger partial charge >= 0.3 is 0 Å². The summed E-state index contributed by atoms with van der Waals surface area (Å²) in [5, 5.41) is 0. The van der Waals surface area contributed by atoms with Gasteiger partial charge in [-0.15, -0.1) is 0 Å². The van der Waals surface area contributed by atoms with Crippen LogP contribution in [0.3, 0.4) is 0 Å². The fourth-order valence-electron chi connectivity index (χ4n) is 6.33. The molecule has 0 spiro atoms. The van der Waals surface area contributed by atoms with Gasteiger partial charge in [-0.25, -0.2) is 0 Å². The van der Waals surface area contributed by atoms with E-state index in [9.17, 15) is 9.59 Å². The highest BCUT2D eigenvalue weighted by Gasteiger charge is 2.56. The Morgan fingerprint density at radius 3 is 2.74 bits per heavy atom. The molecule has 7 atom stereocenters. The highest BCUT2D eigenvalue weighted by atomic mass is 16.1. The second kappa shape index (κ2) is 5.16. The van der Waals surface area contributed by atoms with Crippen LogP contribution in [-0.2, 0) is 9.59 Å². The van der Waals surface area contributed by atoms with Crippen molar-refractivity contribution in [2.75, 3.05) is 0 Å². The third-order valence-electron chi connectivity index (χ3n) is 7.81. The van der Waals surface area contributed by atoms with E-state index in [1.807, 2.05) is 0 Å². The van der Waals surface area contributed by atoms with Crippen molar-refractivity contribution in [3.63, 3.8) is 0 Å². The van der Waals surface area contributed by atoms with E-state index in [1.54, 1.807) is 0 Å². The molecule has 4 aliphatic carbocycles. The summed E-state index contributed by atoms with van der Waals surface area (Å²) in [5.41, 5.74) is 0.763. The zero-order valence-corrected chi connectivity index (χ0v) is 14.4. The number of carbonyl (C=O) groups excluding carboxylic acids is 2.